The molecule has 1 saturated heterocycles. The minimum Gasteiger partial charge on any atom is -0.354 e. The molecule has 3 rings (SSSR count). The van der Waals surface area contributed by atoms with E-state index in [0.717, 1.165) is 24.9 Å². The summed E-state index contributed by atoms with van der Waals surface area (Å²) in [6.07, 6.45) is 1.65. The van der Waals surface area contributed by atoms with Gasteiger partial charge in [-0.05, 0) is 24.5 Å². The van der Waals surface area contributed by atoms with Crippen molar-refractivity contribution < 1.29 is 8.42 Å². The topological polar surface area (TPSA) is 84.3 Å². The number of piperidine rings is 1. The first-order valence-corrected chi connectivity index (χ1v) is 9.91. The van der Waals surface area contributed by atoms with Crippen molar-refractivity contribution in [3.63, 3.8) is 0 Å². The molecule has 1 N–H and O–H groups in total. The van der Waals surface area contributed by atoms with Gasteiger partial charge >= 0.3 is 0 Å². The van der Waals surface area contributed by atoms with Crippen LogP contribution in [0.25, 0.3) is 0 Å². The lowest BCUT2D eigenvalue weighted by atomic mass is 10.1. The fraction of sp³-hybridized carbons (Fsp3) is 0.412. The van der Waals surface area contributed by atoms with Crippen molar-refractivity contribution in [2.24, 2.45) is 7.05 Å². The minimum absolute atomic E-state index is 0.0254. The summed E-state index contributed by atoms with van der Waals surface area (Å²) >= 11 is 0. The first-order valence-electron chi connectivity index (χ1n) is 8.26. The highest BCUT2D eigenvalue weighted by atomic mass is 32.2. The monoisotopic (exact) mass is 362 g/mol. The van der Waals surface area contributed by atoms with E-state index in [4.69, 9.17) is 0 Å². The molecule has 1 aliphatic rings. The predicted octanol–water partition coefficient (Wildman–Crippen LogP) is 0.869. The van der Waals surface area contributed by atoms with Crippen LogP contribution in [0.3, 0.4) is 0 Å². The molecule has 1 fully saturated rings. The van der Waals surface area contributed by atoms with E-state index in [9.17, 15) is 13.2 Å². The number of benzene rings is 1. The Balaban J connectivity index is 1.66. The summed E-state index contributed by atoms with van der Waals surface area (Å²) in [7, 11) is -1.80. The molecule has 1 atom stereocenters. The van der Waals surface area contributed by atoms with Gasteiger partial charge in [-0.25, -0.2) is 17.8 Å². The number of nitrogens with one attached hydrogen (secondary N) is 1. The Labute approximate surface area is 147 Å². The van der Waals surface area contributed by atoms with Crippen LogP contribution >= 0.6 is 0 Å². The number of rotatable bonds is 5. The lowest BCUT2D eigenvalue weighted by molar-refractivity contribution is 0.461. The van der Waals surface area contributed by atoms with Gasteiger partial charge < -0.3 is 4.90 Å². The number of hydrogen-bond acceptors (Lipinski definition) is 5. The fourth-order valence-electron chi connectivity index (χ4n) is 3.03. The zero-order valence-corrected chi connectivity index (χ0v) is 14.9. The van der Waals surface area contributed by atoms with Gasteiger partial charge in [0.05, 0.1) is 5.75 Å². The van der Waals surface area contributed by atoms with E-state index in [1.165, 1.54) is 10.7 Å². The Morgan fingerprint density at radius 3 is 2.68 bits per heavy atom. The summed E-state index contributed by atoms with van der Waals surface area (Å²) in [5.74, 6) is 0.664. The normalized spacial score (nSPS) is 18.3. The average Bonchev–Trinajstić information content (AvgIpc) is 2.57. The molecular weight excluding hydrogens is 340 g/mol. The maximum Gasteiger partial charge on any atom is 0.266 e. The summed E-state index contributed by atoms with van der Waals surface area (Å²) in [5.41, 5.74) is 0.600. The van der Waals surface area contributed by atoms with Crippen LogP contribution in [-0.4, -0.2) is 37.3 Å². The summed E-state index contributed by atoms with van der Waals surface area (Å²) in [6, 6.07) is 12.1. The van der Waals surface area contributed by atoms with Gasteiger partial charge in [-0.15, -0.1) is 0 Å². The highest BCUT2D eigenvalue weighted by Crippen LogP contribution is 2.17. The quantitative estimate of drug-likeness (QED) is 0.853. The van der Waals surface area contributed by atoms with Crippen molar-refractivity contribution in [1.82, 2.24) is 14.5 Å². The lowest BCUT2D eigenvalue weighted by Gasteiger charge is -2.33. The molecule has 0 unspecified atom stereocenters. The number of aryl methyl sites for hydroxylation is 1. The van der Waals surface area contributed by atoms with Crippen molar-refractivity contribution in [2.45, 2.75) is 24.6 Å². The van der Waals surface area contributed by atoms with Crippen LogP contribution in [-0.2, 0) is 22.8 Å². The van der Waals surface area contributed by atoms with E-state index in [-0.39, 0.29) is 17.4 Å². The molecule has 0 aliphatic carbocycles. The Morgan fingerprint density at radius 1 is 1.20 bits per heavy atom. The van der Waals surface area contributed by atoms with E-state index < -0.39 is 10.0 Å². The second kappa shape index (κ2) is 7.37. The molecule has 0 spiro atoms. The molecule has 0 amide bonds. The number of nitrogens with zero attached hydrogens (tertiary/aromatic N) is 3. The third-order valence-electron chi connectivity index (χ3n) is 4.24. The number of sulfonamides is 1. The van der Waals surface area contributed by atoms with Gasteiger partial charge in [-0.3, -0.25) is 4.79 Å². The number of hydrogen-bond donors (Lipinski definition) is 1. The summed E-state index contributed by atoms with van der Waals surface area (Å²) in [5, 5.41) is 4.25. The molecule has 2 aromatic rings. The van der Waals surface area contributed by atoms with Gasteiger partial charge in [0.2, 0.25) is 10.0 Å². The van der Waals surface area contributed by atoms with E-state index >= 15 is 0 Å². The van der Waals surface area contributed by atoms with Crippen molar-refractivity contribution in [1.29, 1.82) is 0 Å². The standard InChI is InChI=1S/C17H22N4O3S/c1-20-17(22)10-9-16(18-20)21-11-5-8-15(12-21)19-25(23,24)13-14-6-3-2-4-7-14/h2-4,6-7,9-10,15,19H,5,8,11-13H2,1H3/t15-/m0/s1. The molecule has 25 heavy (non-hydrogen) atoms. The van der Waals surface area contributed by atoms with Crippen LogP contribution in [0.2, 0.25) is 0 Å². The predicted molar refractivity (Wildman–Crippen MR) is 96.9 cm³/mol. The number of aromatic nitrogens is 2. The molecule has 2 heterocycles. The Morgan fingerprint density at radius 2 is 1.96 bits per heavy atom. The van der Waals surface area contributed by atoms with Crippen molar-refractivity contribution in [3.05, 3.63) is 58.4 Å². The van der Waals surface area contributed by atoms with Crippen LogP contribution in [0.5, 0.6) is 0 Å². The Hall–Kier alpha value is -2.19. The van der Waals surface area contributed by atoms with Gasteiger partial charge in [0.25, 0.3) is 5.56 Å². The zero-order valence-electron chi connectivity index (χ0n) is 14.1. The molecule has 8 heteroatoms. The van der Waals surface area contributed by atoms with Gasteiger partial charge in [0, 0.05) is 32.2 Å². The van der Waals surface area contributed by atoms with Crippen LogP contribution in [0.4, 0.5) is 5.82 Å². The van der Waals surface area contributed by atoms with E-state index in [0.29, 0.717) is 12.4 Å². The molecule has 0 saturated carbocycles. The first-order chi connectivity index (χ1) is 11.9. The smallest absolute Gasteiger partial charge is 0.266 e. The summed E-state index contributed by atoms with van der Waals surface area (Å²) in [4.78, 5) is 13.5. The molecule has 1 aliphatic heterocycles. The van der Waals surface area contributed by atoms with Gasteiger partial charge in [0.1, 0.15) is 5.82 Å². The minimum atomic E-state index is -3.41. The zero-order chi connectivity index (χ0) is 17.9. The lowest BCUT2D eigenvalue weighted by Crippen LogP contribution is -2.48. The molecule has 0 radical (unpaired) electrons. The largest absolute Gasteiger partial charge is 0.354 e. The molecular formula is C17H22N4O3S. The summed E-state index contributed by atoms with van der Waals surface area (Å²) in [6.45, 7) is 1.33. The molecule has 134 valence electrons. The van der Waals surface area contributed by atoms with E-state index in [2.05, 4.69) is 9.82 Å². The Kier molecular flexibility index (Phi) is 5.19. The molecule has 7 nitrogen and oxygen atoms in total. The fourth-order valence-corrected chi connectivity index (χ4v) is 4.44. The van der Waals surface area contributed by atoms with E-state index in [1.807, 2.05) is 23.1 Å². The molecule has 1 aromatic carbocycles. The highest BCUT2D eigenvalue weighted by Gasteiger charge is 2.25. The third-order valence-corrected chi connectivity index (χ3v) is 5.64. The second-order valence-electron chi connectivity index (χ2n) is 6.30. The number of anilines is 1. The van der Waals surface area contributed by atoms with Crippen molar-refractivity contribution >= 4 is 15.8 Å². The van der Waals surface area contributed by atoms with Crippen LogP contribution in [0, 0.1) is 0 Å². The maximum atomic E-state index is 12.4. The third kappa shape index (κ3) is 4.67. The molecule has 1 aromatic heterocycles. The van der Waals surface area contributed by atoms with Gasteiger partial charge in [-0.2, -0.15) is 5.10 Å². The van der Waals surface area contributed by atoms with Crippen molar-refractivity contribution in [2.75, 3.05) is 18.0 Å². The maximum absolute atomic E-state index is 12.4. The second-order valence-corrected chi connectivity index (χ2v) is 8.05. The van der Waals surface area contributed by atoms with Crippen LogP contribution in [0.1, 0.15) is 18.4 Å². The molecule has 0 bridgehead atoms. The summed E-state index contributed by atoms with van der Waals surface area (Å²) < 4.78 is 28.9. The first kappa shape index (κ1) is 17.6. The van der Waals surface area contributed by atoms with Crippen molar-refractivity contribution in [3.8, 4) is 0 Å². The Bertz CT molecular complexity index is 880. The van der Waals surface area contributed by atoms with Crippen LogP contribution < -0.4 is 15.2 Å². The SMILES string of the molecule is Cn1nc(N2CCC[C@H](NS(=O)(=O)Cc3ccccc3)C2)ccc1=O. The van der Waals surface area contributed by atoms with Gasteiger partial charge in [-0.1, -0.05) is 30.3 Å². The van der Waals surface area contributed by atoms with Gasteiger partial charge in [0.15, 0.2) is 0 Å². The highest BCUT2D eigenvalue weighted by molar-refractivity contribution is 7.88. The van der Waals surface area contributed by atoms with E-state index in [1.54, 1.807) is 25.2 Å². The van der Waals surface area contributed by atoms with Crippen LogP contribution in [0.15, 0.2) is 47.3 Å². The average molecular weight is 362 g/mol.